The standard InChI is InChI=1S/C12H17N3O4/c1-10-9-13(15(18)19)8-5-11(10)12(14(16)17)6-3-2-4-7-12/h5,8-9,11H,2-4,6-7H2,1H3. The smallest absolute Gasteiger partial charge is 0.232 e. The highest BCUT2D eigenvalue weighted by molar-refractivity contribution is 5.21. The third-order valence-electron chi connectivity index (χ3n) is 4.11. The van der Waals surface area contributed by atoms with Crippen molar-refractivity contribution in [2.24, 2.45) is 5.92 Å². The van der Waals surface area contributed by atoms with Gasteiger partial charge in [-0.3, -0.25) is 10.1 Å². The topological polar surface area (TPSA) is 89.5 Å². The lowest BCUT2D eigenvalue weighted by Gasteiger charge is -2.36. The fourth-order valence-electron chi connectivity index (χ4n) is 3.13. The molecule has 0 aromatic heterocycles. The molecule has 1 heterocycles. The molecule has 0 amide bonds. The zero-order valence-corrected chi connectivity index (χ0v) is 10.8. The molecule has 0 radical (unpaired) electrons. The summed E-state index contributed by atoms with van der Waals surface area (Å²) in [5.74, 6) is -0.348. The second-order valence-electron chi connectivity index (χ2n) is 5.23. The van der Waals surface area contributed by atoms with Crippen LogP contribution in [0.4, 0.5) is 0 Å². The summed E-state index contributed by atoms with van der Waals surface area (Å²) >= 11 is 0. The first-order valence-electron chi connectivity index (χ1n) is 6.41. The van der Waals surface area contributed by atoms with Crippen molar-refractivity contribution in [2.75, 3.05) is 0 Å². The Hall–Kier alpha value is -1.92. The van der Waals surface area contributed by atoms with Gasteiger partial charge in [0.2, 0.25) is 5.54 Å². The Morgan fingerprint density at radius 3 is 2.37 bits per heavy atom. The Kier molecular flexibility index (Phi) is 3.55. The van der Waals surface area contributed by atoms with E-state index in [0.29, 0.717) is 18.4 Å². The minimum absolute atomic E-state index is 0.180. The van der Waals surface area contributed by atoms with Crippen molar-refractivity contribution in [2.45, 2.75) is 44.6 Å². The summed E-state index contributed by atoms with van der Waals surface area (Å²) < 4.78 is 0. The molecule has 1 fully saturated rings. The highest BCUT2D eigenvalue weighted by atomic mass is 16.7. The van der Waals surface area contributed by atoms with Gasteiger partial charge in [-0.25, -0.2) is 10.1 Å². The maximum Gasteiger partial charge on any atom is 0.232 e. The first-order valence-corrected chi connectivity index (χ1v) is 6.41. The van der Waals surface area contributed by atoms with Crippen LogP contribution in [0.3, 0.4) is 0 Å². The van der Waals surface area contributed by atoms with Crippen molar-refractivity contribution < 1.29 is 9.96 Å². The van der Waals surface area contributed by atoms with E-state index in [0.717, 1.165) is 24.3 Å². The molecule has 0 aromatic carbocycles. The summed E-state index contributed by atoms with van der Waals surface area (Å²) in [7, 11) is 0. The Morgan fingerprint density at radius 1 is 1.26 bits per heavy atom. The van der Waals surface area contributed by atoms with Gasteiger partial charge in [0.05, 0.1) is 18.3 Å². The highest BCUT2D eigenvalue weighted by Gasteiger charge is 2.51. The van der Waals surface area contributed by atoms with Gasteiger partial charge in [-0.15, -0.1) is 0 Å². The lowest BCUT2D eigenvalue weighted by molar-refractivity contribution is -0.625. The Labute approximate surface area is 110 Å². The summed E-state index contributed by atoms with van der Waals surface area (Å²) in [5, 5.41) is 22.5. The van der Waals surface area contributed by atoms with Crippen molar-refractivity contribution in [1.82, 2.24) is 5.01 Å². The van der Waals surface area contributed by atoms with Gasteiger partial charge in [-0.1, -0.05) is 11.4 Å². The van der Waals surface area contributed by atoms with Gasteiger partial charge in [-0.05, 0) is 31.4 Å². The molecular weight excluding hydrogens is 250 g/mol. The third-order valence-corrected chi connectivity index (χ3v) is 4.11. The summed E-state index contributed by atoms with van der Waals surface area (Å²) in [5.41, 5.74) is -0.310. The molecule has 2 aliphatic rings. The van der Waals surface area contributed by atoms with Gasteiger partial charge >= 0.3 is 0 Å². The van der Waals surface area contributed by atoms with Crippen LogP contribution >= 0.6 is 0 Å². The summed E-state index contributed by atoms with van der Waals surface area (Å²) in [6.45, 7) is 1.73. The third kappa shape index (κ3) is 2.32. The zero-order chi connectivity index (χ0) is 14.0. The molecule has 1 atom stereocenters. The van der Waals surface area contributed by atoms with Gasteiger partial charge in [-0.2, -0.15) is 0 Å². The van der Waals surface area contributed by atoms with Crippen molar-refractivity contribution in [3.8, 4) is 0 Å². The van der Waals surface area contributed by atoms with Crippen LogP contribution in [-0.4, -0.2) is 20.5 Å². The highest BCUT2D eigenvalue weighted by Crippen LogP contribution is 2.42. The molecule has 1 aliphatic carbocycles. The van der Waals surface area contributed by atoms with Crippen molar-refractivity contribution in [3.63, 3.8) is 0 Å². The lowest BCUT2D eigenvalue weighted by Crippen LogP contribution is -2.48. The number of rotatable bonds is 3. The van der Waals surface area contributed by atoms with Gasteiger partial charge in [0.1, 0.15) is 0 Å². The molecule has 0 saturated heterocycles. The van der Waals surface area contributed by atoms with E-state index >= 15 is 0 Å². The summed E-state index contributed by atoms with van der Waals surface area (Å²) in [4.78, 5) is 22.1. The average molecular weight is 267 g/mol. The van der Waals surface area contributed by atoms with Crippen molar-refractivity contribution in [1.29, 1.82) is 0 Å². The van der Waals surface area contributed by atoms with E-state index in [1.165, 1.54) is 12.4 Å². The molecular formula is C12H17N3O4. The average Bonchev–Trinajstić information content (AvgIpc) is 2.39. The minimum atomic E-state index is -0.988. The van der Waals surface area contributed by atoms with E-state index in [-0.39, 0.29) is 10.8 Å². The minimum Gasteiger partial charge on any atom is -0.264 e. The second-order valence-corrected chi connectivity index (χ2v) is 5.23. The maximum absolute atomic E-state index is 11.5. The van der Waals surface area contributed by atoms with Crippen LogP contribution in [-0.2, 0) is 0 Å². The number of nitrogens with zero attached hydrogens (tertiary/aromatic N) is 3. The van der Waals surface area contributed by atoms with E-state index in [9.17, 15) is 20.2 Å². The molecule has 1 saturated carbocycles. The van der Waals surface area contributed by atoms with E-state index in [2.05, 4.69) is 0 Å². The van der Waals surface area contributed by atoms with E-state index in [1.54, 1.807) is 13.0 Å². The molecule has 0 N–H and O–H groups in total. The molecule has 1 unspecified atom stereocenters. The van der Waals surface area contributed by atoms with Gasteiger partial charge in [0.25, 0.3) is 0 Å². The number of nitro groups is 2. The van der Waals surface area contributed by atoms with Crippen LogP contribution in [0.25, 0.3) is 0 Å². The monoisotopic (exact) mass is 267 g/mol. The fourth-order valence-corrected chi connectivity index (χ4v) is 3.13. The molecule has 0 bridgehead atoms. The van der Waals surface area contributed by atoms with Crippen LogP contribution < -0.4 is 0 Å². The molecule has 7 nitrogen and oxygen atoms in total. The van der Waals surface area contributed by atoms with E-state index in [1.807, 2.05) is 0 Å². The van der Waals surface area contributed by atoms with Gasteiger partial charge in [0.15, 0.2) is 5.03 Å². The number of hydrazine groups is 1. The van der Waals surface area contributed by atoms with E-state index < -0.39 is 10.6 Å². The first kappa shape index (κ1) is 13.5. The second kappa shape index (κ2) is 4.99. The maximum atomic E-state index is 11.5. The molecule has 19 heavy (non-hydrogen) atoms. The fraction of sp³-hybridized carbons (Fsp3) is 0.667. The van der Waals surface area contributed by atoms with Crippen molar-refractivity contribution in [3.05, 3.63) is 44.3 Å². The van der Waals surface area contributed by atoms with E-state index in [4.69, 9.17) is 0 Å². The predicted molar refractivity (Wildman–Crippen MR) is 68.0 cm³/mol. The van der Waals surface area contributed by atoms with Crippen LogP contribution in [0, 0.1) is 26.1 Å². The largest absolute Gasteiger partial charge is 0.264 e. The summed E-state index contributed by atoms with van der Waals surface area (Å²) in [6.07, 6.45) is 8.09. The molecule has 2 rings (SSSR count). The molecule has 0 spiro atoms. The molecule has 1 aliphatic heterocycles. The number of hydrogen-bond acceptors (Lipinski definition) is 4. The van der Waals surface area contributed by atoms with Gasteiger partial charge in [0, 0.05) is 17.8 Å². The van der Waals surface area contributed by atoms with Crippen LogP contribution in [0.5, 0.6) is 0 Å². The SMILES string of the molecule is CC1=CN([N+](=O)[O-])C=CC1C1([N+](=O)[O-])CCCCC1. The Bertz CT molecular complexity index is 452. The van der Waals surface area contributed by atoms with Crippen LogP contribution in [0.15, 0.2) is 24.0 Å². The van der Waals surface area contributed by atoms with Crippen molar-refractivity contribution >= 4 is 0 Å². The first-order chi connectivity index (χ1) is 8.97. The molecule has 104 valence electrons. The number of hydrogen-bond donors (Lipinski definition) is 0. The molecule has 7 heteroatoms. The van der Waals surface area contributed by atoms with Crippen LogP contribution in [0.2, 0.25) is 0 Å². The quantitative estimate of drug-likeness (QED) is 0.579. The lowest BCUT2D eigenvalue weighted by atomic mass is 9.70. The molecule has 0 aromatic rings. The van der Waals surface area contributed by atoms with Crippen LogP contribution in [0.1, 0.15) is 39.0 Å². The Balaban J connectivity index is 2.30. The summed E-state index contributed by atoms with van der Waals surface area (Å²) in [6, 6.07) is 0. The van der Waals surface area contributed by atoms with Gasteiger partial charge < -0.3 is 0 Å². The zero-order valence-electron chi connectivity index (χ0n) is 10.8. The Morgan fingerprint density at radius 2 is 1.89 bits per heavy atom. The predicted octanol–water partition coefficient (Wildman–Crippen LogP) is 2.51. The normalized spacial score (nSPS) is 25.8.